The lowest BCUT2D eigenvalue weighted by Gasteiger charge is -2.32. The van der Waals surface area contributed by atoms with Gasteiger partial charge in [-0.05, 0) is 109 Å². The van der Waals surface area contributed by atoms with E-state index in [1.165, 1.54) is 16.0 Å². The number of carbonyl (C=O) groups is 2. The standard InChI is InChI=1S/C35H42BN3O5/c1-33(2,3)42-32(41)39-28-19-18-27(36-43-34(4,5)35(6,7)44-36)21-29(28)38(22-26-13-10-20-37-30(26)39)31(40)25-16-14-23-11-8-9-12-24(23)15-17-25/h8-13,18-21,25H,14-17,22H2,1-7H3. The molecule has 0 N–H and O–H groups in total. The second-order valence-corrected chi connectivity index (χ2v) is 14.1. The first kappa shape index (κ1) is 30.3. The lowest BCUT2D eigenvalue weighted by molar-refractivity contribution is -0.122. The van der Waals surface area contributed by atoms with Gasteiger partial charge < -0.3 is 18.9 Å². The Kier molecular flexibility index (Phi) is 7.61. The van der Waals surface area contributed by atoms with Crippen LogP contribution in [0.5, 0.6) is 0 Å². The van der Waals surface area contributed by atoms with E-state index in [0.29, 0.717) is 17.2 Å². The summed E-state index contributed by atoms with van der Waals surface area (Å²) in [5.41, 5.74) is 3.51. The number of ether oxygens (including phenoxy) is 1. The molecule has 2 aromatic carbocycles. The molecule has 2 aliphatic heterocycles. The molecule has 44 heavy (non-hydrogen) atoms. The Morgan fingerprint density at radius 2 is 1.50 bits per heavy atom. The third-order valence-corrected chi connectivity index (χ3v) is 9.30. The van der Waals surface area contributed by atoms with Crippen LogP contribution < -0.4 is 15.3 Å². The average Bonchev–Trinajstić information content (AvgIpc) is 3.12. The van der Waals surface area contributed by atoms with Crippen molar-refractivity contribution >= 4 is 41.8 Å². The minimum Gasteiger partial charge on any atom is -0.443 e. The maximum Gasteiger partial charge on any atom is 0.494 e. The number of pyridine rings is 1. The number of anilines is 3. The molecule has 6 rings (SSSR count). The first-order valence-electron chi connectivity index (χ1n) is 15.6. The Bertz CT molecular complexity index is 1550. The summed E-state index contributed by atoms with van der Waals surface area (Å²) in [6.07, 6.45) is 4.32. The quantitative estimate of drug-likeness (QED) is 0.249. The smallest absolute Gasteiger partial charge is 0.443 e. The fourth-order valence-electron chi connectivity index (χ4n) is 6.20. The molecular weight excluding hydrogens is 553 g/mol. The maximum absolute atomic E-state index is 14.6. The molecule has 0 spiro atoms. The molecule has 0 radical (unpaired) electrons. The van der Waals surface area contributed by atoms with Gasteiger partial charge in [-0.15, -0.1) is 0 Å². The van der Waals surface area contributed by atoms with Gasteiger partial charge in [-0.25, -0.2) is 14.7 Å². The van der Waals surface area contributed by atoms with Crippen molar-refractivity contribution in [2.75, 3.05) is 9.80 Å². The maximum atomic E-state index is 14.6. The molecule has 0 atom stereocenters. The van der Waals surface area contributed by atoms with Gasteiger partial charge in [0.1, 0.15) is 11.4 Å². The second kappa shape index (κ2) is 11.0. The van der Waals surface area contributed by atoms with Crippen LogP contribution in [0.2, 0.25) is 0 Å². The number of aromatic nitrogens is 1. The van der Waals surface area contributed by atoms with E-state index in [2.05, 4.69) is 29.2 Å². The molecule has 1 aromatic heterocycles. The Labute approximate surface area is 260 Å². The lowest BCUT2D eigenvalue weighted by atomic mass is 9.78. The van der Waals surface area contributed by atoms with Gasteiger partial charge in [0.2, 0.25) is 5.91 Å². The number of carbonyl (C=O) groups excluding carboxylic acids is 2. The summed E-state index contributed by atoms with van der Waals surface area (Å²) >= 11 is 0. The van der Waals surface area contributed by atoms with Gasteiger partial charge in [-0.2, -0.15) is 0 Å². The fourth-order valence-corrected chi connectivity index (χ4v) is 6.20. The Hall–Kier alpha value is -3.69. The lowest BCUT2D eigenvalue weighted by Crippen LogP contribution is -2.41. The summed E-state index contributed by atoms with van der Waals surface area (Å²) in [5, 5.41) is 0. The number of hydrogen-bond donors (Lipinski definition) is 0. The van der Waals surface area contributed by atoms with Crippen molar-refractivity contribution in [3.05, 3.63) is 77.5 Å². The molecule has 230 valence electrons. The molecular formula is C35H42BN3O5. The number of benzene rings is 2. The van der Waals surface area contributed by atoms with E-state index in [1.54, 1.807) is 6.20 Å². The van der Waals surface area contributed by atoms with E-state index in [4.69, 9.17) is 14.0 Å². The fraction of sp³-hybridized carbons (Fsp3) is 0.457. The Morgan fingerprint density at radius 3 is 2.11 bits per heavy atom. The highest BCUT2D eigenvalue weighted by molar-refractivity contribution is 6.62. The normalized spacial score (nSPS) is 19.4. The Morgan fingerprint density at radius 1 is 0.886 bits per heavy atom. The van der Waals surface area contributed by atoms with Gasteiger partial charge in [0, 0.05) is 17.7 Å². The van der Waals surface area contributed by atoms with E-state index in [9.17, 15) is 9.59 Å². The second-order valence-electron chi connectivity index (χ2n) is 14.1. The molecule has 2 amide bonds. The summed E-state index contributed by atoms with van der Waals surface area (Å²) in [6, 6.07) is 17.9. The van der Waals surface area contributed by atoms with E-state index in [-0.39, 0.29) is 18.4 Å². The summed E-state index contributed by atoms with van der Waals surface area (Å²) in [4.78, 5) is 36.5. The predicted octanol–water partition coefficient (Wildman–Crippen LogP) is 6.50. The van der Waals surface area contributed by atoms with Gasteiger partial charge >= 0.3 is 13.2 Å². The van der Waals surface area contributed by atoms with Crippen molar-refractivity contribution in [3.63, 3.8) is 0 Å². The highest BCUT2D eigenvalue weighted by Gasteiger charge is 2.52. The molecule has 1 fully saturated rings. The van der Waals surface area contributed by atoms with Gasteiger partial charge in [-0.1, -0.05) is 36.4 Å². The number of nitrogens with zero attached hydrogens (tertiary/aromatic N) is 3. The molecule has 3 aromatic rings. The largest absolute Gasteiger partial charge is 0.494 e. The van der Waals surface area contributed by atoms with Crippen molar-refractivity contribution in [1.29, 1.82) is 0 Å². The number of amides is 2. The van der Waals surface area contributed by atoms with Crippen LogP contribution in [0.4, 0.5) is 22.0 Å². The van der Waals surface area contributed by atoms with Crippen LogP contribution in [-0.4, -0.2) is 40.9 Å². The molecule has 3 heterocycles. The van der Waals surface area contributed by atoms with Crippen molar-refractivity contribution < 1.29 is 23.6 Å². The van der Waals surface area contributed by atoms with Crippen molar-refractivity contribution in [1.82, 2.24) is 4.98 Å². The van der Waals surface area contributed by atoms with Gasteiger partial charge in [0.05, 0.1) is 29.1 Å². The number of hydrogen-bond acceptors (Lipinski definition) is 6. The van der Waals surface area contributed by atoms with Crippen molar-refractivity contribution in [2.24, 2.45) is 5.92 Å². The highest BCUT2D eigenvalue weighted by atomic mass is 16.7. The van der Waals surface area contributed by atoms with Crippen LogP contribution in [0.15, 0.2) is 60.8 Å². The zero-order chi connectivity index (χ0) is 31.4. The van der Waals surface area contributed by atoms with Crippen molar-refractivity contribution in [3.8, 4) is 0 Å². The number of rotatable bonds is 2. The summed E-state index contributed by atoms with van der Waals surface area (Å²) < 4.78 is 18.7. The minimum atomic E-state index is -0.730. The summed E-state index contributed by atoms with van der Waals surface area (Å²) in [6.45, 7) is 13.8. The molecule has 0 bridgehead atoms. The molecule has 8 nitrogen and oxygen atoms in total. The molecule has 1 aliphatic carbocycles. The molecule has 3 aliphatic rings. The van der Waals surface area contributed by atoms with Crippen LogP contribution in [-0.2, 0) is 38.2 Å². The molecule has 1 saturated heterocycles. The van der Waals surface area contributed by atoms with E-state index in [0.717, 1.165) is 36.7 Å². The zero-order valence-electron chi connectivity index (χ0n) is 26.8. The summed E-state index contributed by atoms with van der Waals surface area (Å²) in [7, 11) is -0.631. The minimum absolute atomic E-state index is 0.0333. The summed E-state index contributed by atoms with van der Waals surface area (Å²) in [5.74, 6) is 0.310. The van der Waals surface area contributed by atoms with Crippen molar-refractivity contribution in [2.45, 2.75) is 97.5 Å². The predicted molar refractivity (Wildman–Crippen MR) is 173 cm³/mol. The Balaban J connectivity index is 1.45. The number of fused-ring (bicyclic) bond motifs is 3. The highest BCUT2D eigenvalue weighted by Crippen LogP contribution is 2.43. The van der Waals surface area contributed by atoms with Gasteiger partial charge in [0.15, 0.2) is 0 Å². The molecule has 0 saturated carbocycles. The van der Waals surface area contributed by atoms with E-state index >= 15 is 0 Å². The average molecular weight is 596 g/mol. The van der Waals surface area contributed by atoms with Crippen LogP contribution in [0.3, 0.4) is 0 Å². The third kappa shape index (κ3) is 5.63. The van der Waals surface area contributed by atoms with Crippen LogP contribution >= 0.6 is 0 Å². The SMILES string of the molecule is CC(C)(C)OC(=O)N1c2ccc(B3OC(C)(C)C(C)(C)O3)cc2N(C(=O)C2CCc3ccccc3CC2)Cc2cccnc21. The monoisotopic (exact) mass is 595 g/mol. The topological polar surface area (TPSA) is 81.2 Å². The first-order valence-corrected chi connectivity index (χ1v) is 15.6. The van der Waals surface area contributed by atoms with Gasteiger partial charge in [0.25, 0.3) is 0 Å². The molecule has 9 heteroatoms. The van der Waals surface area contributed by atoms with Gasteiger partial charge in [-0.3, -0.25) is 4.79 Å². The first-order chi connectivity index (χ1) is 20.7. The van der Waals surface area contributed by atoms with E-state index < -0.39 is 30.0 Å². The zero-order valence-corrected chi connectivity index (χ0v) is 26.8. The van der Waals surface area contributed by atoms with Crippen LogP contribution in [0.25, 0.3) is 0 Å². The number of aryl methyl sites for hydroxylation is 2. The van der Waals surface area contributed by atoms with Crippen LogP contribution in [0.1, 0.15) is 78.0 Å². The third-order valence-electron chi connectivity index (χ3n) is 9.30. The van der Waals surface area contributed by atoms with Crippen LogP contribution in [0, 0.1) is 5.92 Å². The van der Waals surface area contributed by atoms with E-state index in [1.807, 2.05) is 83.7 Å². The molecule has 0 unspecified atom stereocenters.